The highest BCUT2D eigenvalue weighted by molar-refractivity contribution is 5.90. The standard InChI is InChI=1S/C21H27FO3/c1-3-4-5-6-7-14-24-18-12-9-17(10-13-18)21(23)25-19-11-8-16(2)20(22)15-19/h3,8-9,11,15,18H,1,4-7,10,12-14H2,2H3. The Bertz CT molecular complexity index is 622. The number of halogens is 1. The Morgan fingerprint density at radius 3 is 2.88 bits per heavy atom. The summed E-state index contributed by atoms with van der Waals surface area (Å²) < 4.78 is 24.6. The molecule has 0 N–H and O–H groups in total. The summed E-state index contributed by atoms with van der Waals surface area (Å²) in [7, 11) is 0. The molecule has 1 aliphatic rings. The van der Waals surface area contributed by atoms with E-state index in [1.807, 2.05) is 12.2 Å². The van der Waals surface area contributed by atoms with Crippen molar-refractivity contribution < 1.29 is 18.7 Å². The van der Waals surface area contributed by atoms with Crippen LogP contribution in [0.15, 0.2) is 42.5 Å². The molecule has 3 nitrogen and oxygen atoms in total. The number of unbranched alkanes of at least 4 members (excludes halogenated alkanes) is 3. The molecule has 136 valence electrons. The topological polar surface area (TPSA) is 35.5 Å². The number of carbonyl (C=O) groups excluding carboxylic acids is 1. The van der Waals surface area contributed by atoms with Crippen molar-refractivity contribution in [2.75, 3.05) is 6.61 Å². The van der Waals surface area contributed by atoms with Crippen molar-refractivity contribution in [1.82, 2.24) is 0 Å². The van der Waals surface area contributed by atoms with Gasteiger partial charge in [0.2, 0.25) is 0 Å². The first-order valence-electron chi connectivity index (χ1n) is 9.00. The SMILES string of the molecule is C=CCCCCCOC1CC=C(C(=O)Oc2ccc(C)c(F)c2)CC1. The van der Waals surface area contributed by atoms with Crippen molar-refractivity contribution in [3.05, 3.63) is 53.9 Å². The van der Waals surface area contributed by atoms with Crippen LogP contribution in [0.3, 0.4) is 0 Å². The van der Waals surface area contributed by atoms with Gasteiger partial charge in [0.25, 0.3) is 0 Å². The lowest BCUT2D eigenvalue weighted by atomic mass is 9.97. The molecule has 0 amide bonds. The molecule has 0 radical (unpaired) electrons. The number of allylic oxidation sites excluding steroid dienone is 1. The maximum atomic E-state index is 13.5. The minimum atomic E-state index is -0.397. The summed E-state index contributed by atoms with van der Waals surface area (Å²) in [6, 6.07) is 4.46. The van der Waals surface area contributed by atoms with Gasteiger partial charge in [-0.3, -0.25) is 0 Å². The zero-order valence-electron chi connectivity index (χ0n) is 14.9. The molecule has 0 saturated carbocycles. The van der Waals surface area contributed by atoms with E-state index in [1.165, 1.54) is 6.07 Å². The average molecular weight is 346 g/mol. The van der Waals surface area contributed by atoms with Crippen LogP contribution >= 0.6 is 0 Å². The molecule has 0 bridgehead atoms. The van der Waals surface area contributed by atoms with Gasteiger partial charge in [-0.05, 0) is 57.1 Å². The van der Waals surface area contributed by atoms with Crippen LogP contribution in [-0.4, -0.2) is 18.7 Å². The molecule has 0 spiro atoms. The zero-order chi connectivity index (χ0) is 18.1. The van der Waals surface area contributed by atoms with Crippen LogP contribution in [0.5, 0.6) is 5.75 Å². The quantitative estimate of drug-likeness (QED) is 0.264. The van der Waals surface area contributed by atoms with Crippen molar-refractivity contribution in [2.45, 2.75) is 58.0 Å². The summed E-state index contributed by atoms with van der Waals surface area (Å²) in [5.41, 5.74) is 1.17. The van der Waals surface area contributed by atoms with Crippen molar-refractivity contribution in [2.24, 2.45) is 0 Å². The summed E-state index contributed by atoms with van der Waals surface area (Å²) >= 11 is 0. The minimum Gasteiger partial charge on any atom is -0.423 e. The Morgan fingerprint density at radius 2 is 2.20 bits per heavy atom. The van der Waals surface area contributed by atoms with Crippen LogP contribution in [0, 0.1) is 12.7 Å². The summed E-state index contributed by atoms with van der Waals surface area (Å²) in [6.07, 6.45) is 10.6. The molecule has 0 heterocycles. The summed E-state index contributed by atoms with van der Waals surface area (Å²) in [4.78, 5) is 12.2. The van der Waals surface area contributed by atoms with Crippen LogP contribution < -0.4 is 4.74 Å². The van der Waals surface area contributed by atoms with Crippen LogP contribution in [0.1, 0.15) is 50.5 Å². The maximum Gasteiger partial charge on any atom is 0.339 e. The predicted molar refractivity (Wildman–Crippen MR) is 97.1 cm³/mol. The van der Waals surface area contributed by atoms with Gasteiger partial charge in [0.1, 0.15) is 11.6 Å². The van der Waals surface area contributed by atoms with E-state index in [4.69, 9.17) is 9.47 Å². The van der Waals surface area contributed by atoms with E-state index in [-0.39, 0.29) is 17.7 Å². The van der Waals surface area contributed by atoms with Gasteiger partial charge in [0.15, 0.2) is 0 Å². The number of hydrogen-bond acceptors (Lipinski definition) is 3. The Kier molecular flexibility index (Phi) is 7.86. The van der Waals surface area contributed by atoms with Gasteiger partial charge in [-0.25, -0.2) is 9.18 Å². The molecule has 0 aromatic heterocycles. The monoisotopic (exact) mass is 346 g/mol. The van der Waals surface area contributed by atoms with Crippen LogP contribution in [0.4, 0.5) is 4.39 Å². The van der Waals surface area contributed by atoms with E-state index in [2.05, 4.69) is 6.58 Å². The highest BCUT2D eigenvalue weighted by atomic mass is 19.1. The summed E-state index contributed by atoms with van der Waals surface area (Å²) in [5, 5.41) is 0. The average Bonchev–Trinajstić information content (AvgIpc) is 2.61. The molecule has 1 aromatic carbocycles. The molecule has 1 atom stereocenters. The van der Waals surface area contributed by atoms with Gasteiger partial charge in [0, 0.05) is 18.2 Å². The van der Waals surface area contributed by atoms with E-state index in [9.17, 15) is 9.18 Å². The van der Waals surface area contributed by atoms with Gasteiger partial charge in [-0.1, -0.05) is 24.6 Å². The van der Waals surface area contributed by atoms with Crippen LogP contribution in [0.2, 0.25) is 0 Å². The lowest BCUT2D eigenvalue weighted by Gasteiger charge is -2.21. The molecular weight excluding hydrogens is 319 g/mol. The second kappa shape index (κ2) is 10.1. The molecular formula is C21H27FO3. The Morgan fingerprint density at radius 1 is 1.36 bits per heavy atom. The Labute approximate surface area is 149 Å². The maximum absolute atomic E-state index is 13.5. The lowest BCUT2D eigenvalue weighted by Crippen LogP contribution is -2.21. The van der Waals surface area contributed by atoms with E-state index < -0.39 is 5.97 Å². The number of ether oxygens (including phenoxy) is 2. The van der Waals surface area contributed by atoms with Crippen LogP contribution in [0.25, 0.3) is 0 Å². The Balaban J connectivity index is 1.73. The van der Waals surface area contributed by atoms with Gasteiger partial charge in [0.05, 0.1) is 6.10 Å². The number of benzene rings is 1. The van der Waals surface area contributed by atoms with Crippen molar-refractivity contribution in [1.29, 1.82) is 0 Å². The van der Waals surface area contributed by atoms with Crippen LogP contribution in [-0.2, 0) is 9.53 Å². The molecule has 1 aliphatic carbocycles. The highest BCUT2D eigenvalue weighted by Crippen LogP contribution is 2.24. The minimum absolute atomic E-state index is 0.174. The normalized spacial score (nSPS) is 17.0. The first-order chi connectivity index (χ1) is 12.1. The largest absolute Gasteiger partial charge is 0.423 e. The smallest absolute Gasteiger partial charge is 0.339 e. The predicted octanol–water partition coefficient (Wildman–Crippen LogP) is 5.28. The van der Waals surface area contributed by atoms with Crippen molar-refractivity contribution in [3.8, 4) is 5.75 Å². The molecule has 1 aromatic rings. The fraction of sp³-hybridized carbons (Fsp3) is 0.476. The fourth-order valence-electron chi connectivity index (χ4n) is 2.77. The summed E-state index contributed by atoms with van der Waals surface area (Å²) in [5.74, 6) is -0.525. The van der Waals surface area contributed by atoms with E-state index in [1.54, 1.807) is 19.1 Å². The first kappa shape index (κ1) is 19.4. The van der Waals surface area contributed by atoms with Crippen molar-refractivity contribution in [3.63, 3.8) is 0 Å². The van der Waals surface area contributed by atoms with Crippen molar-refractivity contribution >= 4 is 5.97 Å². The molecule has 0 fully saturated rings. The molecule has 1 unspecified atom stereocenters. The number of hydrogen-bond donors (Lipinski definition) is 0. The number of rotatable bonds is 9. The van der Waals surface area contributed by atoms with Gasteiger partial charge < -0.3 is 9.47 Å². The summed E-state index contributed by atoms with van der Waals surface area (Å²) in [6.45, 7) is 6.15. The number of carbonyl (C=O) groups is 1. The van der Waals surface area contributed by atoms with Gasteiger partial charge in [-0.15, -0.1) is 6.58 Å². The number of esters is 1. The first-order valence-corrected chi connectivity index (χ1v) is 9.00. The van der Waals surface area contributed by atoms with E-state index >= 15 is 0 Å². The second-order valence-corrected chi connectivity index (χ2v) is 6.44. The lowest BCUT2D eigenvalue weighted by molar-refractivity contribution is -0.130. The second-order valence-electron chi connectivity index (χ2n) is 6.44. The highest BCUT2D eigenvalue weighted by Gasteiger charge is 2.20. The third-order valence-electron chi connectivity index (χ3n) is 4.38. The third-order valence-corrected chi connectivity index (χ3v) is 4.38. The van der Waals surface area contributed by atoms with E-state index in [0.717, 1.165) is 45.1 Å². The van der Waals surface area contributed by atoms with E-state index in [0.29, 0.717) is 17.6 Å². The molecule has 0 aliphatic heterocycles. The zero-order valence-corrected chi connectivity index (χ0v) is 14.9. The fourth-order valence-corrected chi connectivity index (χ4v) is 2.77. The molecule has 4 heteroatoms. The third kappa shape index (κ3) is 6.46. The number of aryl methyl sites for hydroxylation is 1. The van der Waals surface area contributed by atoms with Gasteiger partial charge in [-0.2, -0.15) is 0 Å². The molecule has 2 rings (SSSR count). The molecule has 0 saturated heterocycles. The van der Waals surface area contributed by atoms with Gasteiger partial charge >= 0.3 is 5.97 Å². The Hall–Kier alpha value is -1.94. The molecule has 25 heavy (non-hydrogen) atoms.